The van der Waals surface area contributed by atoms with Crippen molar-refractivity contribution in [2.24, 2.45) is 5.92 Å². The Morgan fingerprint density at radius 1 is 1.42 bits per heavy atom. The van der Waals surface area contributed by atoms with Crippen LogP contribution in [0.15, 0.2) is 24.3 Å². The van der Waals surface area contributed by atoms with E-state index in [0.29, 0.717) is 23.8 Å². The molecule has 0 radical (unpaired) electrons. The van der Waals surface area contributed by atoms with Crippen LogP contribution in [-0.2, 0) is 4.79 Å². The van der Waals surface area contributed by atoms with Gasteiger partial charge < -0.3 is 15.2 Å². The normalized spacial score (nSPS) is 15.6. The summed E-state index contributed by atoms with van der Waals surface area (Å²) in [5.74, 6) is -0.399. The lowest BCUT2D eigenvalue weighted by atomic mass is 10.1. The fourth-order valence-corrected chi connectivity index (χ4v) is 1.61. The number of amides is 1. The summed E-state index contributed by atoms with van der Waals surface area (Å²) in [5, 5.41) is 11.2. The highest BCUT2D eigenvalue weighted by molar-refractivity contribution is 5.98. The van der Waals surface area contributed by atoms with E-state index in [2.05, 4.69) is 5.32 Å². The standard InChI is InChI=1S/C14H17NO4/c1-9(14(17)18)15-13(16)11-4-2-3-5-12(11)19-8-10-6-7-10/h2-5,9-10H,6-8H2,1H3,(H,15,16)(H,17,18)/t9-/m0/s1. The summed E-state index contributed by atoms with van der Waals surface area (Å²) in [6.45, 7) is 2.03. The van der Waals surface area contributed by atoms with Crippen molar-refractivity contribution in [3.05, 3.63) is 29.8 Å². The summed E-state index contributed by atoms with van der Waals surface area (Å²) in [5.41, 5.74) is 0.372. The molecule has 0 spiro atoms. The number of hydrogen-bond acceptors (Lipinski definition) is 3. The van der Waals surface area contributed by atoms with E-state index in [1.807, 2.05) is 0 Å². The molecule has 1 aliphatic carbocycles. The average molecular weight is 263 g/mol. The van der Waals surface area contributed by atoms with Gasteiger partial charge in [-0.15, -0.1) is 0 Å². The minimum absolute atomic E-state index is 0.372. The number of rotatable bonds is 6. The van der Waals surface area contributed by atoms with Crippen molar-refractivity contribution < 1.29 is 19.4 Å². The molecule has 1 aromatic rings. The number of benzene rings is 1. The molecule has 1 amide bonds. The van der Waals surface area contributed by atoms with Crippen molar-refractivity contribution in [3.63, 3.8) is 0 Å². The Labute approximate surface area is 111 Å². The van der Waals surface area contributed by atoms with Crippen LogP contribution >= 0.6 is 0 Å². The van der Waals surface area contributed by atoms with E-state index >= 15 is 0 Å². The summed E-state index contributed by atoms with van der Waals surface area (Å²) in [6.07, 6.45) is 2.34. The van der Waals surface area contributed by atoms with Crippen LogP contribution in [0.25, 0.3) is 0 Å². The van der Waals surface area contributed by atoms with Crippen molar-refractivity contribution in [1.82, 2.24) is 5.32 Å². The van der Waals surface area contributed by atoms with E-state index in [-0.39, 0.29) is 0 Å². The molecule has 0 aromatic heterocycles. The van der Waals surface area contributed by atoms with Crippen molar-refractivity contribution in [2.45, 2.75) is 25.8 Å². The van der Waals surface area contributed by atoms with Gasteiger partial charge in [0.05, 0.1) is 12.2 Å². The Morgan fingerprint density at radius 2 is 2.11 bits per heavy atom. The van der Waals surface area contributed by atoms with Crippen molar-refractivity contribution in [3.8, 4) is 5.75 Å². The Balaban J connectivity index is 2.04. The predicted molar refractivity (Wildman–Crippen MR) is 69.2 cm³/mol. The molecular formula is C14H17NO4. The largest absolute Gasteiger partial charge is 0.492 e. The SMILES string of the molecule is C[C@H](NC(=O)c1ccccc1OCC1CC1)C(=O)O. The molecule has 5 heteroatoms. The third-order valence-electron chi connectivity index (χ3n) is 3.02. The van der Waals surface area contributed by atoms with Gasteiger partial charge in [0.2, 0.25) is 0 Å². The number of ether oxygens (including phenoxy) is 1. The number of nitrogens with one attached hydrogen (secondary N) is 1. The maximum atomic E-state index is 12.0. The zero-order chi connectivity index (χ0) is 13.8. The van der Waals surface area contributed by atoms with Gasteiger partial charge in [0.25, 0.3) is 5.91 Å². The van der Waals surface area contributed by atoms with Crippen molar-refractivity contribution in [2.75, 3.05) is 6.61 Å². The minimum Gasteiger partial charge on any atom is -0.492 e. The molecule has 5 nitrogen and oxygen atoms in total. The number of carbonyl (C=O) groups excluding carboxylic acids is 1. The lowest BCUT2D eigenvalue weighted by molar-refractivity contribution is -0.138. The van der Waals surface area contributed by atoms with Gasteiger partial charge in [-0.25, -0.2) is 0 Å². The molecule has 2 rings (SSSR count). The molecule has 2 N–H and O–H groups in total. The number of hydrogen-bond donors (Lipinski definition) is 2. The van der Waals surface area contributed by atoms with E-state index in [0.717, 1.165) is 0 Å². The van der Waals surface area contributed by atoms with Gasteiger partial charge >= 0.3 is 5.97 Å². The topological polar surface area (TPSA) is 75.6 Å². The van der Waals surface area contributed by atoms with Crippen molar-refractivity contribution in [1.29, 1.82) is 0 Å². The second kappa shape index (κ2) is 5.73. The molecule has 1 atom stereocenters. The molecule has 19 heavy (non-hydrogen) atoms. The van der Waals surface area contributed by atoms with Gasteiger partial charge in [0.15, 0.2) is 0 Å². The monoisotopic (exact) mass is 263 g/mol. The molecule has 0 bridgehead atoms. The summed E-state index contributed by atoms with van der Waals surface area (Å²) in [7, 11) is 0. The molecule has 0 aliphatic heterocycles. The summed E-state index contributed by atoms with van der Waals surface area (Å²) in [4.78, 5) is 22.7. The number of carboxylic acids is 1. The lowest BCUT2D eigenvalue weighted by Gasteiger charge is -2.13. The number of carbonyl (C=O) groups is 2. The zero-order valence-corrected chi connectivity index (χ0v) is 10.8. The molecule has 0 heterocycles. The highest BCUT2D eigenvalue weighted by atomic mass is 16.5. The van der Waals surface area contributed by atoms with E-state index in [9.17, 15) is 9.59 Å². The van der Waals surface area contributed by atoms with Gasteiger partial charge in [0.1, 0.15) is 11.8 Å². The van der Waals surface area contributed by atoms with Gasteiger partial charge in [-0.3, -0.25) is 9.59 Å². The highest BCUT2D eigenvalue weighted by Gasteiger charge is 2.23. The van der Waals surface area contributed by atoms with Crippen LogP contribution in [0.3, 0.4) is 0 Å². The number of para-hydroxylation sites is 1. The summed E-state index contributed by atoms with van der Waals surface area (Å²) >= 11 is 0. The van der Waals surface area contributed by atoms with E-state index in [1.54, 1.807) is 24.3 Å². The number of aliphatic carboxylic acids is 1. The third kappa shape index (κ3) is 3.71. The van der Waals surface area contributed by atoms with Crippen LogP contribution in [0, 0.1) is 5.92 Å². The van der Waals surface area contributed by atoms with E-state index in [1.165, 1.54) is 19.8 Å². The fraction of sp³-hybridized carbons (Fsp3) is 0.429. The van der Waals surface area contributed by atoms with Crippen LogP contribution in [0.5, 0.6) is 5.75 Å². The van der Waals surface area contributed by atoms with Crippen LogP contribution in [0.2, 0.25) is 0 Å². The molecule has 1 aliphatic rings. The Morgan fingerprint density at radius 3 is 2.74 bits per heavy atom. The Hall–Kier alpha value is -2.04. The highest BCUT2D eigenvalue weighted by Crippen LogP contribution is 2.30. The summed E-state index contributed by atoms with van der Waals surface area (Å²) in [6, 6.07) is 5.95. The van der Waals surface area contributed by atoms with E-state index in [4.69, 9.17) is 9.84 Å². The van der Waals surface area contributed by atoms with Gasteiger partial charge in [-0.1, -0.05) is 12.1 Å². The van der Waals surface area contributed by atoms with Crippen molar-refractivity contribution >= 4 is 11.9 Å². The smallest absolute Gasteiger partial charge is 0.325 e. The first-order valence-electron chi connectivity index (χ1n) is 6.33. The molecule has 102 valence electrons. The maximum absolute atomic E-state index is 12.0. The first-order chi connectivity index (χ1) is 9.08. The number of carboxylic acid groups (broad SMARTS) is 1. The summed E-state index contributed by atoms with van der Waals surface area (Å²) < 4.78 is 5.62. The second-order valence-corrected chi connectivity index (χ2v) is 4.78. The first-order valence-corrected chi connectivity index (χ1v) is 6.33. The second-order valence-electron chi connectivity index (χ2n) is 4.78. The molecule has 0 saturated heterocycles. The molecule has 0 unspecified atom stereocenters. The van der Waals surface area contributed by atoms with Crippen LogP contribution < -0.4 is 10.1 Å². The van der Waals surface area contributed by atoms with Gasteiger partial charge in [-0.05, 0) is 37.8 Å². The Kier molecular flexibility index (Phi) is 4.04. The van der Waals surface area contributed by atoms with Crippen LogP contribution in [0.4, 0.5) is 0 Å². The maximum Gasteiger partial charge on any atom is 0.325 e. The van der Waals surface area contributed by atoms with Gasteiger partial charge in [-0.2, -0.15) is 0 Å². The van der Waals surface area contributed by atoms with Crippen LogP contribution in [-0.4, -0.2) is 29.6 Å². The molecule has 1 fully saturated rings. The first kappa shape index (κ1) is 13.4. The molecular weight excluding hydrogens is 246 g/mol. The predicted octanol–water partition coefficient (Wildman–Crippen LogP) is 1.68. The quantitative estimate of drug-likeness (QED) is 0.818. The van der Waals surface area contributed by atoms with E-state index < -0.39 is 17.9 Å². The zero-order valence-electron chi connectivity index (χ0n) is 10.8. The molecule has 1 saturated carbocycles. The van der Waals surface area contributed by atoms with Crippen LogP contribution in [0.1, 0.15) is 30.1 Å². The average Bonchev–Trinajstić information content (AvgIpc) is 3.20. The lowest BCUT2D eigenvalue weighted by Crippen LogP contribution is -2.38. The third-order valence-corrected chi connectivity index (χ3v) is 3.02. The molecule has 1 aromatic carbocycles. The Bertz CT molecular complexity index is 482. The fourth-order valence-electron chi connectivity index (χ4n) is 1.61. The van der Waals surface area contributed by atoms with Gasteiger partial charge in [0, 0.05) is 0 Å². The minimum atomic E-state index is -1.07.